The molecule has 0 amide bonds. The molecule has 0 saturated carbocycles. The summed E-state index contributed by atoms with van der Waals surface area (Å²) in [5.41, 5.74) is -1.04. The van der Waals surface area contributed by atoms with Crippen molar-refractivity contribution >= 4 is 21.5 Å². The number of benzene rings is 2. The van der Waals surface area contributed by atoms with Crippen LogP contribution < -0.4 is 4.18 Å². The molecule has 2 aromatic rings. The minimum atomic E-state index is -4.29. The Hall–Kier alpha value is -3.01. The number of hydrogen-bond acceptors (Lipinski definition) is 7. The summed E-state index contributed by atoms with van der Waals surface area (Å²) in [7, 11) is -4.29. The molecule has 0 heterocycles. The van der Waals surface area contributed by atoms with E-state index in [9.17, 15) is 28.6 Å². The SMILES string of the molecule is [CH2]c1c([N+](=O)[O-])cc(OS(=O)(=O)c2ccc(C)cc2)cc1[N+](=O)[O-]. The largest absolute Gasteiger partial charge is 0.378 e. The van der Waals surface area contributed by atoms with Crippen molar-refractivity contribution in [2.45, 2.75) is 11.8 Å². The second-order valence-electron chi connectivity index (χ2n) is 4.80. The summed E-state index contributed by atoms with van der Waals surface area (Å²) >= 11 is 0. The van der Waals surface area contributed by atoms with Gasteiger partial charge in [-0.1, -0.05) is 17.7 Å². The maximum absolute atomic E-state index is 12.2. The van der Waals surface area contributed by atoms with E-state index in [-0.39, 0.29) is 4.90 Å². The van der Waals surface area contributed by atoms with Crippen molar-refractivity contribution in [2.24, 2.45) is 0 Å². The second-order valence-corrected chi connectivity index (χ2v) is 6.35. The van der Waals surface area contributed by atoms with Crippen LogP contribution in [-0.2, 0) is 10.1 Å². The zero-order chi connectivity index (χ0) is 18.1. The summed E-state index contributed by atoms with van der Waals surface area (Å²) in [5, 5.41) is 21.9. The van der Waals surface area contributed by atoms with Crippen LogP contribution in [0.5, 0.6) is 5.75 Å². The minimum absolute atomic E-state index is 0.183. The molecule has 1 radical (unpaired) electrons. The first-order valence-electron chi connectivity index (χ1n) is 6.42. The summed E-state index contributed by atoms with van der Waals surface area (Å²) in [6.45, 7) is 5.04. The standard InChI is InChI=1S/C14H11N2O7S/c1-9-3-5-12(6-4-9)24(21,22)23-11-7-13(15(17)18)10(2)14(8-11)16(19)20/h3-8H,2H2,1H3. The van der Waals surface area contributed by atoms with E-state index >= 15 is 0 Å². The molecule has 24 heavy (non-hydrogen) atoms. The third-order valence-electron chi connectivity index (χ3n) is 3.09. The minimum Gasteiger partial charge on any atom is -0.378 e. The van der Waals surface area contributed by atoms with Crippen molar-refractivity contribution in [1.82, 2.24) is 0 Å². The van der Waals surface area contributed by atoms with Gasteiger partial charge in [-0.15, -0.1) is 0 Å². The molecule has 10 heteroatoms. The molecule has 0 atom stereocenters. The zero-order valence-electron chi connectivity index (χ0n) is 12.3. The van der Waals surface area contributed by atoms with Crippen LogP contribution in [0.4, 0.5) is 11.4 Å². The molecule has 0 unspecified atom stereocenters. The summed E-state index contributed by atoms with van der Waals surface area (Å²) in [5.74, 6) is -0.540. The highest BCUT2D eigenvalue weighted by atomic mass is 32.2. The van der Waals surface area contributed by atoms with Crippen LogP contribution in [0.1, 0.15) is 11.1 Å². The van der Waals surface area contributed by atoms with E-state index in [1.165, 1.54) is 12.1 Å². The van der Waals surface area contributed by atoms with Gasteiger partial charge in [-0.05, 0) is 26.0 Å². The van der Waals surface area contributed by atoms with Gasteiger partial charge in [-0.3, -0.25) is 20.2 Å². The fourth-order valence-corrected chi connectivity index (χ4v) is 2.79. The van der Waals surface area contributed by atoms with E-state index in [1.807, 2.05) is 0 Å². The highest BCUT2D eigenvalue weighted by Gasteiger charge is 2.26. The van der Waals surface area contributed by atoms with Crippen molar-refractivity contribution in [3.63, 3.8) is 0 Å². The lowest BCUT2D eigenvalue weighted by atomic mass is 10.1. The smallest absolute Gasteiger partial charge is 0.339 e. The van der Waals surface area contributed by atoms with Gasteiger partial charge in [0.15, 0.2) is 5.75 Å². The Morgan fingerprint density at radius 2 is 1.46 bits per heavy atom. The molecule has 0 N–H and O–H groups in total. The molecule has 0 aliphatic heterocycles. The maximum Gasteiger partial charge on any atom is 0.339 e. The second kappa shape index (κ2) is 6.24. The van der Waals surface area contributed by atoms with Gasteiger partial charge < -0.3 is 4.18 Å². The van der Waals surface area contributed by atoms with E-state index < -0.39 is 42.7 Å². The average Bonchev–Trinajstić information content (AvgIpc) is 2.48. The maximum atomic E-state index is 12.2. The Bertz CT molecular complexity index is 886. The quantitative estimate of drug-likeness (QED) is 0.460. The monoisotopic (exact) mass is 351 g/mol. The average molecular weight is 351 g/mol. The van der Waals surface area contributed by atoms with Crippen LogP contribution in [0, 0.1) is 34.1 Å². The van der Waals surface area contributed by atoms with Crippen molar-refractivity contribution in [3.05, 3.63) is 74.7 Å². The molecule has 0 spiro atoms. The van der Waals surface area contributed by atoms with Crippen LogP contribution in [0.2, 0.25) is 0 Å². The fraction of sp³-hybridized carbons (Fsp3) is 0.0714. The molecular formula is C14H11N2O7S. The predicted octanol–water partition coefficient (Wildman–Crippen LogP) is 2.76. The number of rotatable bonds is 5. The molecule has 9 nitrogen and oxygen atoms in total. The molecule has 0 aliphatic carbocycles. The van der Waals surface area contributed by atoms with Crippen LogP contribution in [0.15, 0.2) is 41.3 Å². The third kappa shape index (κ3) is 3.49. The lowest BCUT2D eigenvalue weighted by Gasteiger charge is -2.08. The van der Waals surface area contributed by atoms with Crippen LogP contribution in [0.3, 0.4) is 0 Å². The predicted molar refractivity (Wildman–Crippen MR) is 83.2 cm³/mol. The zero-order valence-corrected chi connectivity index (χ0v) is 13.1. The molecule has 0 fully saturated rings. The number of hydrogen-bond donors (Lipinski definition) is 0. The van der Waals surface area contributed by atoms with Crippen molar-refractivity contribution in [1.29, 1.82) is 0 Å². The Kier molecular flexibility index (Phi) is 4.51. The first kappa shape index (κ1) is 17.3. The van der Waals surface area contributed by atoms with Gasteiger partial charge in [-0.25, -0.2) is 0 Å². The number of nitrogens with zero attached hydrogens (tertiary/aromatic N) is 2. The Morgan fingerprint density at radius 3 is 1.88 bits per heavy atom. The number of nitro groups is 2. The number of aryl methyl sites for hydroxylation is 1. The Balaban J connectivity index is 2.51. The summed E-state index contributed by atoms with van der Waals surface area (Å²) in [6.07, 6.45) is 0. The van der Waals surface area contributed by atoms with Gasteiger partial charge in [-0.2, -0.15) is 8.42 Å². The van der Waals surface area contributed by atoms with Gasteiger partial charge >= 0.3 is 10.1 Å². The molecule has 0 aliphatic rings. The van der Waals surface area contributed by atoms with Crippen LogP contribution in [-0.4, -0.2) is 18.3 Å². The van der Waals surface area contributed by atoms with Crippen LogP contribution in [0.25, 0.3) is 0 Å². The first-order chi connectivity index (χ1) is 11.1. The van der Waals surface area contributed by atoms with Gasteiger partial charge in [0.1, 0.15) is 10.5 Å². The van der Waals surface area contributed by atoms with E-state index in [2.05, 4.69) is 6.92 Å². The van der Waals surface area contributed by atoms with E-state index in [0.29, 0.717) is 0 Å². The molecule has 0 bridgehead atoms. The first-order valence-corrected chi connectivity index (χ1v) is 7.82. The third-order valence-corrected chi connectivity index (χ3v) is 4.35. The topological polar surface area (TPSA) is 130 Å². The van der Waals surface area contributed by atoms with E-state index in [1.54, 1.807) is 19.1 Å². The molecule has 2 rings (SSSR count). The van der Waals surface area contributed by atoms with Crippen molar-refractivity contribution < 1.29 is 22.4 Å². The van der Waals surface area contributed by atoms with Gasteiger partial charge in [0, 0.05) is 0 Å². The van der Waals surface area contributed by atoms with Gasteiger partial charge in [0.05, 0.1) is 22.0 Å². The van der Waals surface area contributed by atoms with Crippen LogP contribution >= 0.6 is 0 Å². The fourth-order valence-electron chi connectivity index (χ4n) is 1.87. The normalized spacial score (nSPS) is 11.1. The Labute approximate surface area is 136 Å². The lowest BCUT2D eigenvalue weighted by Crippen LogP contribution is -2.10. The molecule has 125 valence electrons. The summed E-state index contributed by atoms with van der Waals surface area (Å²) in [6, 6.07) is 7.23. The molecule has 0 saturated heterocycles. The molecule has 2 aromatic carbocycles. The molecular weight excluding hydrogens is 340 g/mol. The Morgan fingerprint density at radius 1 is 1.00 bits per heavy atom. The lowest BCUT2D eigenvalue weighted by molar-refractivity contribution is -0.394. The highest BCUT2D eigenvalue weighted by Crippen LogP contribution is 2.34. The van der Waals surface area contributed by atoms with Gasteiger partial charge in [0.25, 0.3) is 11.4 Å². The molecule has 0 aromatic heterocycles. The van der Waals surface area contributed by atoms with Crippen molar-refractivity contribution in [2.75, 3.05) is 0 Å². The van der Waals surface area contributed by atoms with E-state index in [4.69, 9.17) is 4.18 Å². The summed E-state index contributed by atoms with van der Waals surface area (Å²) in [4.78, 5) is 19.9. The summed E-state index contributed by atoms with van der Waals surface area (Å²) < 4.78 is 29.2. The number of nitro benzene ring substituents is 2. The van der Waals surface area contributed by atoms with Crippen molar-refractivity contribution in [3.8, 4) is 5.75 Å². The highest BCUT2D eigenvalue weighted by molar-refractivity contribution is 7.87. The van der Waals surface area contributed by atoms with Gasteiger partial charge in [0.2, 0.25) is 0 Å². The van der Waals surface area contributed by atoms with E-state index in [0.717, 1.165) is 17.7 Å².